The molecule has 1 fully saturated rings. The molecule has 1 heterocycles. The number of amides is 1. The van der Waals surface area contributed by atoms with E-state index in [0.717, 1.165) is 44.5 Å². The predicted octanol–water partition coefficient (Wildman–Crippen LogP) is 1.22. The number of nitrogens with one attached hydrogen (secondary N) is 2. The first-order valence-corrected chi connectivity index (χ1v) is 8.91. The van der Waals surface area contributed by atoms with Crippen LogP contribution in [0.5, 0.6) is 0 Å². The molecule has 1 aromatic carbocycles. The molecule has 5 heteroatoms. The molecule has 1 aliphatic rings. The molecule has 1 saturated heterocycles. The number of carbonyl (C=O) groups is 2. The van der Waals surface area contributed by atoms with E-state index in [4.69, 9.17) is 4.74 Å². The van der Waals surface area contributed by atoms with Gasteiger partial charge >= 0.3 is 5.97 Å². The Bertz CT molecular complexity index is 556. The molecular formula is C19H29N2O3+. The Kier molecular flexibility index (Phi) is 6.79. The molecule has 0 spiro atoms. The van der Waals surface area contributed by atoms with E-state index in [0.29, 0.717) is 6.54 Å². The summed E-state index contributed by atoms with van der Waals surface area (Å²) in [5.41, 5.74) is 3.35. The maximum Gasteiger partial charge on any atom is 0.309 e. The van der Waals surface area contributed by atoms with Gasteiger partial charge in [-0.3, -0.25) is 9.59 Å². The molecule has 1 amide bonds. The van der Waals surface area contributed by atoms with Crippen LogP contribution in [0, 0.1) is 5.92 Å². The molecule has 132 valence electrons. The summed E-state index contributed by atoms with van der Waals surface area (Å²) in [7, 11) is 1.44. The van der Waals surface area contributed by atoms with E-state index in [2.05, 4.69) is 37.4 Å². The molecule has 0 radical (unpaired) electrons. The van der Waals surface area contributed by atoms with Crippen LogP contribution in [0.1, 0.15) is 37.8 Å². The van der Waals surface area contributed by atoms with E-state index in [-0.39, 0.29) is 17.8 Å². The Morgan fingerprint density at radius 1 is 1.17 bits per heavy atom. The molecule has 2 rings (SSSR count). The normalized spacial score (nSPS) is 20.5. The lowest BCUT2D eigenvalue weighted by Gasteiger charge is -2.27. The lowest BCUT2D eigenvalue weighted by Crippen LogP contribution is -3.14. The van der Waals surface area contributed by atoms with Gasteiger partial charge < -0.3 is 15.0 Å². The highest BCUT2D eigenvalue weighted by molar-refractivity contribution is 5.93. The zero-order chi connectivity index (χ0) is 17.5. The van der Waals surface area contributed by atoms with Crippen molar-refractivity contribution in [3.05, 3.63) is 29.3 Å². The number of aryl methyl sites for hydroxylation is 2. The molecule has 2 N–H and O–H groups in total. The Morgan fingerprint density at radius 3 is 2.25 bits per heavy atom. The average molecular weight is 333 g/mol. The zero-order valence-corrected chi connectivity index (χ0v) is 15.0. The van der Waals surface area contributed by atoms with Gasteiger partial charge in [0.25, 0.3) is 5.91 Å². The van der Waals surface area contributed by atoms with E-state index in [1.807, 2.05) is 0 Å². The number of quaternary nitrogens is 1. The van der Waals surface area contributed by atoms with Gasteiger partial charge in [-0.15, -0.1) is 0 Å². The quantitative estimate of drug-likeness (QED) is 0.770. The molecule has 0 atom stereocenters. The number of carbonyl (C=O) groups excluding carboxylic acids is 2. The number of piperidine rings is 1. The highest BCUT2D eigenvalue weighted by Gasteiger charge is 2.29. The number of benzene rings is 1. The van der Waals surface area contributed by atoms with Gasteiger partial charge in [0.1, 0.15) is 0 Å². The topological polar surface area (TPSA) is 59.8 Å². The van der Waals surface area contributed by atoms with Crippen molar-refractivity contribution in [2.75, 3.05) is 32.1 Å². The molecule has 0 bridgehead atoms. The third-order valence-electron chi connectivity index (χ3n) is 4.90. The monoisotopic (exact) mass is 333 g/mol. The van der Waals surface area contributed by atoms with Gasteiger partial charge in [0.15, 0.2) is 6.54 Å². The minimum Gasteiger partial charge on any atom is -0.469 e. The van der Waals surface area contributed by atoms with Crippen molar-refractivity contribution in [1.82, 2.24) is 0 Å². The van der Waals surface area contributed by atoms with Crippen LogP contribution >= 0.6 is 0 Å². The smallest absolute Gasteiger partial charge is 0.309 e. The minimum absolute atomic E-state index is 0.00526. The summed E-state index contributed by atoms with van der Waals surface area (Å²) >= 11 is 0. The standard InChI is InChI=1S/C19H28N2O3/c1-4-14-7-6-8-15(5-2)18(14)20-17(22)13-21-11-9-16(10-12-21)19(23)24-3/h6-8,16H,4-5,9-13H2,1-3H3,(H,20,22)/p+1. The summed E-state index contributed by atoms with van der Waals surface area (Å²) in [5, 5.41) is 3.12. The number of ether oxygens (including phenoxy) is 1. The Labute approximate surface area is 144 Å². The second-order valence-corrected chi connectivity index (χ2v) is 6.43. The van der Waals surface area contributed by atoms with Gasteiger partial charge in [-0.1, -0.05) is 32.0 Å². The average Bonchev–Trinajstić information content (AvgIpc) is 2.61. The van der Waals surface area contributed by atoms with Gasteiger partial charge in [0.2, 0.25) is 0 Å². The number of hydrogen-bond acceptors (Lipinski definition) is 3. The van der Waals surface area contributed by atoms with Crippen LogP contribution in [-0.4, -0.2) is 38.6 Å². The molecular weight excluding hydrogens is 304 g/mol. The zero-order valence-electron chi connectivity index (χ0n) is 15.0. The number of anilines is 1. The van der Waals surface area contributed by atoms with Gasteiger partial charge in [0.05, 0.1) is 26.1 Å². The second kappa shape index (κ2) is 8.83. The lowest BCUT2D eigenvalue weighted by atomic mass is 9.97. The first-order chi connectivity index (χ1) is 11.6. The third-order valence-corrected chi connectivity index (χ3v) is 4.90. The van der Waals surface area contributed by atoms with Crippen molar-refractivity contribution in [2.24, 2.45) is 5.92 Å². The number of likely N-dealkylation sites (tertiary alicyclic amines) is 1. The summed E-state index contributed by atoms with van der Waals surface area (Å²) in [4.78, 5) is 25.3. The van der Waals surface area contributed by atoms with Crippen LogP contribution in [-0.2, 0) is 27.2 Å². The summed E-state index contributed by atoms with van der Waals surface area (Å²) in [6.45, 7) is 6.34. The van der Waals surface area contributed by atoms with E-state index >= 15 is 0 Å². The maximum atomic E-state index is 12.5. The molecule has 0 aliphatic carbocycles. The third kappa shape index (κ3) is 4.57. The number of esters is 1. The molecule has 0 saturated carbocycles. The van der Waals surface area contributed by atoms with Crippen LogP contribution < -0.4 is 10.2 Å². The molecule has 1 aliphatic heterocycles. The Balaban J connectivity index is 1.92. The SMILES string of the molecule is CCc1cccc(CC)c1NC(=O)C[NH+]1CCC(C(=O)OC)CC1. The summed E-state index contributed by atoms with van der Waals surface area (Å²) in [6, 6.07) is 6.20. The van der Waals surface area contributed by atoms with Crippen LogP contribution in [0.3, 0.4) is 0 Å². The van der Waals surface area contributed by atoms with Crippen LogP contribution in [0.15, 0.2) is 18.2 Å². The Hall–Kier alpha value is -1.88. The van der Waals surface area contributed by atoms with Gasteiger partial charge in [0, 0.05) is 18.5 Å². The summed E-state index contributed by atoms with van der Waals surface area (Å²) in [5.74, 6) is -0.0746. The van der Waals surface area contributed by atoms with Gasteiger partial charge in [-0.2, -0.15) is 0 Å². The number of rotatable bonds is 6. The van der Waals surface area contributed by atoms with Crippen molar-refractivity contribution in [3.8, 4) is 0 Å². The molecule has 0 unspecified atom stereocenters. The number of methoxy groups -OCH3 is 1. The van der Waals surface area contributed by atoms with Crippen LogP contribution in [0.2, 0.25) is 0 Å². The van der Waals surface area contributed by atoms with Crippen molar-refractivity contribution in [2.45, 2.75) is 39.5 Å². The fourth-order valence-electron chi connectivity index (χ4n) is 3.42. The second-order valence-electron chi connectivity index (χ2n) is 6.43. The number of hydrogen-bond donors (Lipinski definition) is 2. The summed E-state index contributed by atoms with van der Waals surface area (Å²) in [6.07, 6.45) is 3.39. The molecule has 1 aromatic rings. The van der Waals surface area contributed by atoms with E-state index in [9.17, 15) is 9.59 Å². The first kappa shape index (κ1) is 18.5. The molecule has 0 aromatic heterocycles. The van der Waals surface area contributed by atoms with Gasteiger partial charge in [-0.05, 0) is 24.0 Å². The fourth-order valence-corrected chi connectivity index (χ4v) is 3.42. The highest BCUT2D eigenvalue weighted by atomic mass is 16.5. The summed E-state index contributed by atoms with van der Waals surface area (Å²) < 4.78 is 4.81. The van der Waals surface area contributed by atoms with Gasteiger partial charge in [-0.25, -0.2) is 0 Å². The van der Waals surface area contributed by atoms with Crippen molar-refractivity contribution >= 4 is 17.6 Å². The molecule has 5 nitrogen and oxygen atoms in total. The maximum absolute atomic E-state index is 12.5. The van der Waals surface area contributed by atoms with E-state index in [1.54, 1.807) is 0 Å². The largest absolute Gasteiger partial charge is 0.469 e. The van der Waals surface area contributed by atoms with Crippen LogP contribution in [0.4, 0.5) is 5.69 Å². The van der Waals surface area contributed by atoms with E-state index < -0.39 is 0 Å². The molecule has 24 heavy (non-hydrogen) atoms. The van der Waals surface area contributed by atoms with Crippen molar-refractivity contribution < 1.29 is 19.2 Å². The van der Waals surface area contributed by atoms with Crippen molar-refractivity contribution in [3.63, 3.8) is 0 Å². The van der Waals surface area contributed by atoms with E-state index in [1.165, 1.54) is 23.1 Å². The predicted molar refractivity (Wildman–Crippen MR) is 94.1 cm³/mol. The number of para-hydroxylation sites is 1. The first-order valence-electron chi connectivity index (χ1n) is 8.91. The highest BCUT2D eigenvalue weighted by Crippen LogP contribution is 2.22. The lowest BCUT2D eigenvalue weighted by molar-refractivity contribution is -0.897. The Morgan fingerprint density at radius 2 is 1.75 bits per heavy atom. The minimum atomic E-state index is -0.122. The van der Waals surface area contributed by atoms with Crippen LogP contribution in [0.25, 0.3) is 0 Å². The van der Waals surface area contributed by atoms with Crippen molar-refractivity contribution in [1.29, 1.82) is 0 Å². The fraction of sp³-hybridized carbons (Fsp3) is 0.579.